The van der Waals surface area contributed by atoms with Crippen LogP contribution in [0.4, 0.5) is 9.18 Å². The number of carbonyl (C=O) groups excluding carboxylic acids is 1. The number of hydrazone groups is 1. The molecule has 0 spiro atoms. The molecule has 9 heteroatoms. The standard InChI is InChI=1S/C18H19ClFN5O2/c1-11-17(22-18(26)25-23-11)24-21-9-12-4-2-5-13(8-12)27-10-14-15(19)6-3-7-16(14)20/h2-9,11,17,23-24H,10H2,1H3,(H2,22,25,26)/b21-9+. The Balaban J connectivity index is 1.59. The SMILES string of the molecule is CC1NNC(=O)NC1N/N=C/c1cccc(OCc2c(F)cccc2Cl)c1. The minimum atomic E-state index is -0.406. The molecule has 7 nitrogen and oxygen atoms in total. The second kappa shape index (κ2) is 8.70. The maximum Gasteiger partial charge on any atom is 0.330 e. The number of nitrogens with zero attached hydrogens (tertiary/aromatic N) is 1. The van der Waals surface area contributed by atoms with Gasteiger partial charge in [0.05, 0.1) is 17.3 Å². The maximum atomic E-state index is 13.8. The lowest BCUT2D eigenvalue weighted by Crippen LogP contribution is -2.67. The summed E-state index contributed by atoms with van der Waals surface area (Å²) in [5.74, 6) is 0.152. The molecule has 27 heavy (non-hydrogen) atoms. The highest BCUT2D eigenvalue weighted by Crippen LogP contribution is 2.21. The van der Waals surface area contributed by atoms with Gasteiger partial charge in [0.2, 0.25) is 0 Å². The molecule has 4 N–H and O–H groups in total. The summed E-state index contributed by atoms with van der Waals surface area (Å²) in [4.78, 5) is 11.3. The Morgan fingerprint density at radius 3 is 2.96 bits per heavy atom. The molecule has 2 aromatic rings. The van der Waals surface area contributed by atoms with E-state index in [-0.39, 0.29) is 24.8 Å². The molecule has 2 atom stereocenters. The molecule has 0 radical (unpaired) electrons. The molecule has 3 rings (SSSR count). The summed E-state index contributed by atoms with van der Waals surface area (Å²) >= 11 is 6.00. The average Bonchev–Trinajstić information content (AvgIpc) is 2.64. The van der Waals surface area contributed by atoms with E-state index in [1.54, 1.807) is 36.5 Å². The fourth-order valence-electron chi connectivity index (χ4n) is 2.41. The molecular formula is C18H19ClFN5O2. The number of hydrazine groups is 1. The first-order valence-corrected chi connectivity index (χ1v) is 8.67. The number of rotatable bonds is 6. The average molecular weight is 392 g/mol. The highest BCUT2D eigenvalue weighted by molar-refractivity contribution is 6.31. The van der Waals surface area contributed by atoms with Crippen LogP contribution in [0.15, 0.2) is 47.6 Å². The van der Waals surface area contributed by atoms with Crippen molar-refractivity contribution in [2.75, 3.05) is 0 Å². The first-order chi connectivity index (χ1) is 13.0. The molecule has 0 aliphatic carbocycles. The van der Waals surface area contributed by atoms with Crippen LogP contribution in [-0.4, -0.2) is 24.5 Å². The Morgan fingerprint density at radius 1 is 1.33 bits per heavy atom. The Hall–Kier alpha value is -2.84. The molecule has 2 amide bonds. The number of carbonyl (C=O) groups is 1. The fraction of sp³-hybridized carbons (Fsp3) is 0.222. The van der Waals surface area contributed by atoms with Crippen LogP contribution in [0.5, 0.6) is 5.75 Å². The summed E-state index contributed by atoms with van der Waals surface area (Å²) in [6, 6.07) is 11.3. The molecule has 1 heterocycles. The van der Waals surface area contributed by atoms with Crippen LogP contribution >= 0.6 is 11.6 Å². The zero-order chi connectivity index (χ0) is 19.2. The summed E-state index contributed by atoms with van der Waals surface area (Å²) in [5, 5.41) is 7.17. The molecule has 1 aliphatic rings. The van der Waals surface area contributed by atoms with Crippen LogP contribution in [0.2, 0.25) is 5.02 Å². The number of benzene rings is 2. The van der Waals surface area contributed by atoms with Crippen molar-refractivity contribution in [3.8, 4) is 5.75 Å². The van der Waals surface area contributed by atoms with Crippen LogP contribution in [0, 0.1) is 5.82 Å². The topological polar surface area (TPSA) is 86.8 Å². The third-order valence-corrected chi connectivity index (χ3v) is 4.28. The third kappa shape index (κ3) is 5.08. The zero-order valence-corrected chi connectivity index (χ0v) is 15.3. The number of ether oxygens (including phenoxy) is 1. The van der Waals surface area contributed by atoms with Crippen molar-refractivity contribution in [2.45, 2.75) is 25.7 Å². The molecule has 142 valence electrons. The van der Waals surface area contributed by atoms with Gasteiger partial charge in [-0.25, -0.2) is 14.6 Å². The van der Waals surface area contributed by atoms with Gasteiger partial charge in [-0.1, -0.05) is 29.8 Å². The number of hydrogen-bond donors (Lipinski definition) is 4. The molecular weight excluding hydrogens is 373 g/mol. The van der Waals surface area contributed by atoms with E-state index in [4.69, 9.17) is 16.3 Å². The molecule has 2 aromatic carbocycles. The van der Waals surface area contributed by atoms with Gasteiger partial charge in [-0.05, 0) is 36.8 Å². The second-order valence-electron chi connectivity index (χ2n) is 5.96. The van der Waals surface area contributed by atoms with Gasteiger partial charge < -0.3 is 10.1 Å². The quantitative estimate of drug-likeness (QED) is 0.450. The van der Waals surface area contributed by atoms with Crippen molar-refractivity contribution in [3.05, 3.63) is 64.4 Å². The number of nitrogens with one attached hydrogen (secondary N) is 4. The van der Waals surface area contributed by atoms with Gasteiger partial charge in [-0.3, -0.25) is 10.9 Å². The summed E-state index contributed by atoms with van der Waals surface area (Å²) in [5.41, 5.74) is 9.25. The van der Waals surface area contributed by atoms with Crippen LogP contribution in [-0.2, 0) is 6.61 Å². The Labute approximate surface area is 160 Å². The summed E-state index contributed by atoms with van der Waals surface area (Å²) < 4.78 is 19.4. The molecule has 0 aromatic heterocycles. The number of urea groups is 1. The van der Waals surface area contributed by atoms with Crippen LogP contribution in [0.3, 0.4) is 0 Å². The molecule has 1 aliphatic heterocycles. The normalized spacial score (nSPS) is 19.4. The minimum absolute atomic E-state index is 0.0225. The van der Waals surface area contributed by atoms with Gasteiger partial charge in [0, 0.05) is 5.56 Å². The summed E-state index contributed by atoms with van der Waals surface area (Å²) in [7, 11) is 0. The van der Waals surface area contributed by atoms with Crippen LogP contribution in [0.25, 0.3) is 0 Å². The van der Waals surface area contributed by atoms with Gasteiger partial charge in [0.15, 0.2) is 0 Å². The van der Waals surface area contributed by atoms with E-state index in [0.29, 0.717) is 16.3 Å². The highest BCUT2D eigenvalue weighted by Gasteiger charge is 2.23. The van der Waals surface area contributed by atoms with Crippen molar-refractivity contribution in [3.63, 3.8) is 0 Å². The Bertz CT molecular complexity index is 828. The molecule has 0 bridgehead atoms. The minimum Gasteiger partial charge on any atom is -0.489 e. The van der Waals surface area contributed by atoms with Gasteiger partial charge in [-0.15, -0.1) is 0 Å². The smallest absolute Gasteiger partial charge is 0.330 e. The summed E-state index contributed by atoms with van der Waals surface area (Å²) in [6.07, 6.45) is 1.25. The van der Waals surface area contributed by atoms with E-state index >= 15 is 0 Å². The monoisotopic (exact) mass is 391 g/mol. The van der Waals surface area contributed by atoms with E-state index in [2.05, 4.69) is 26.7 Å². The number of amides is 2. The van der Waals surface area contributed by atoms with Crippen LogP contribution < -0.4 is 26.3 Å². The van der Waals surface area contributed by atoms with Gasteiger partial charge >= 0.3 is 6.03 Å². The number of halogens is 2. The van der Waals surface area contributed by atoms with Crippen molar-refractivity contribution in [1.82, 2.24) is 21.6 Å². The van der Waals surface area contributed by atoms with E-state index < -0.39 is 5.82 Å². The molecule has 0 saturated carbocycles. The van der Waals surface area contributed by atoms with E-state index in [0.717, 1.165) is 5.56 Å². The van der Waals surface area contributed by atoms with E-state index in [1.165, 1.54) is 6.07 Å². The predicted molar refractivity (Wildman–Crippen MR) is 101 cm³/mol. The van der Waals surface area contributed by atoms with Gasteiger partial charge in [0.1, 0.15) is 24.3 Å². The predicted octanol–water partition coefficient (Wildman–Crippen LogP) is 2.51. The number of hydrogen-bond acceptors (Lipinski definition) is 5. The largest absolute Gasteiger partial charge is 0.489 e. The Kier molecular flexibility index (Phi) is 6.10. The lowest BCUT2D eigenvalue weighted by atomic mass is 10.2. The van der Waals surface area contributed by atoms with Crippen LogP contribution in [0.1, 0.15) is 18.1 Å². The molecule has 1 fully saturated rings. The first-order valence-electron chi connectivity index (χ1n) is 8.29. The lowest BCUT2D eigenvalue weighted by molar-refractivity contribution is 0.202. The van der Waals surface area contributed by atoms with Crippen molar-refractivity contribution >= 4 is 23.8 Å². The zero-order valence-electron chi connectivity index (χ0n) is 14.5. The second-order valence-corrected chi connectivity index (χ2v) is 6.37. The van der Waals surface area contributed by atoms with E-state index in [1.807, 2.05) is 13.0 Å². The van der Waals surface area contributed by atoms with Gasteiger partial charge in [-0.2, -0.15) is 5.10 Å². The molecule has 1 saturated heterocycles. The molecule has 2 unspecified atom stereocenters. The van der Waals surface area contributed by atoms with Crippen molar-refractivity contribution < 1.29 is 13.9 Å². The van der Waals surface area contributed by atoms with Gasteiger partial charge in [0.25, 0.3) is 0 Å². The highest BCUT2D eigenvalue weighted by atomic mass is 35.5. The Morgan fingerprint density at radius 2 is 2.15 bits per heavy atom. The fourth-order valence-corrected chi connectivity index (χ4v) is 2.63. The summed E-state index contributed by atoms with van der Waals surface area (Å²) in [6.45, 7) is 1.91. The van der Waals surface area contributed by atoms with E-state index in [9.17, 15) is 9.18 Å². The van der Waals surface area contributed by atoms with Crippen molar-refractivity contribution in [1.29, 1.82) is 0 Å². The third-order valence-electron chi connectivity index (χ3n) is 3.93. The maximum absolute atomic E-state index is 13.8. The first kappa shape index (κ1) is 18.9. The van der Waals surface area contributed by atoms with Crippen molar-refractivity contribution in [2.24, 2.45) is 5.10 Å². The lowest BCUT2D eigenvalue weighted by Gasteiger charge is -2.30.